The zero-order chi connectivity index (χ0) is 18.7. The molecule has 2 N–H and O–H groups in total. The Morgan fingerprint density at radius 2 is 2.04 bits per heavy atom. The minimum Gasteiger partial charge on any atom is -0.381 e. The van der Waals surface area contributed by atoms with E-state index >= 15 is 0 Å². The molecule has 0 aromatic carbocycles. The topological polar surface area (TPSA) is 75.2 Å². The Labute approximate surface area is 174 Å². The van der Waals surface area contributed by atoms with E-state index in [1.165, 1.54) is 0 Å². The molecule has 7 nitrogen and oxygen atoms in total. The highest BCUT2D eigenvalue weighted by Gasteiger charge is 2.58. The Balaban J connectivity index is 0.00000338. The molecule has 0 aromatic rings. The van der Waals surface area contributed by atoms with Crippen molar-refractivity contribution in [3.63, 3.8) is 0 Å². The number of halogens is 1. The molecule has 1 saturated carbocycles. The van der Waals surface area contributed by atoms with Crippen LogP contribution in [0.25, 0.3) is 0 Å². The van der Waals surface area contributed by atoms with E-state index in [1.807, 2.05) is 0 Å². The van der Waals surface area contributed by atoms with E-state index in [9.17, 15) is 4.79 Å². The first-order chi connectivity index (χ1) is 11.7. The molecular weight excluding hydrogens is 447 g/mol. The minimum atomic E-state index is -0.144. The van der Waals surface area contributed by atoms with Gasteiger partial charge in [0.1, 0.15) is 6.54 Å². The minimum absolute atomic E-state index is 0. The van der Waals surface area contributed by atoms with E-state index in [-0.39, 0.29) is 53.5 Å². The van der Waals surface area contributed by atoms with Gasteiger partial charge in [-0.2, -0.15) is 0 Å². The summed E-state index contributed by atoms with van der Waals surface area (Å²) in [6.07, 6.45) is 1.97. The van der Waals surface area contributed by atoms with Crippen LogP contribution in [0.3, 0.4) is 0 Å². The monoisotopic (exact) mass is 482 g/mol. The molecule has 2 aliphatic rings. The maximum atomic E-state index is 11.9. The molecule has 1 saturated heterocycles. The van der Waals surface area contributed by atoms with E-state index in [2.05, 4.69) is 36.4 Å². The van der Waals surface area contributed by atoms with Crippen LogP contribution >= 0.6 is 24.0 Å². The van der Waals surface area contributed by atoms with E-state index in [0.717, 1.165) is 32.6 Å². The van der Waals surface area contributed by atoms with Crippen LogP contribution in [-0.4, -0.2) is 75.9 Å². The summed E-state index contributed by atoms with van der Waals surface area (Å²) in [5.74, 6) is 1.17. The Kier molecular flexibility index (Phi) is 8.60. The van der Waals surface area contributed by atoms with Crippen LogP contribution in [0, 0.1) is 11.3 Å². The number of guanidine groups is 1. The lowest BCUT2D eigenvalue weighted by molar-refractivity contribution is -0.176. The molecule has 1 aliphatic carbocycles. The molecule has 3 unspecified atom stereocenters. The first kappa shape index (κ1) is 23.4. The first-order valence-corrected chi connectivity index (χ1v) is 9.07. The molecule has 8 heteroatoms. The van der Waals surface area contributed by atoms with Crippen LogP contribution in [0.2, 0.25) is 0 Å². The van der Waals surface area contributed by atoms with Crippen molar-refractivity contribution in [2.24, 2.45) is 16.3 Å². The number of ether oxygens (including phenoxy) is 2. The lowest BCUT2D eigenvalue weighted by Gasteiger charge is -2.59. The quantitative estimate of drug-likeness (QED) is 0.341. The summed E-state index contributed by atoms with van der Waals surface area (Å²) in [4.78, 5) is 17.9. The summed E-state index contributed by atoms with van der Waals surface area (Å²) >= 11 is 0. The zero-order valence-electron chi connectivity index (χ0n) is 16.9. The normalized spacial score (nSPS) is 30.2. The van der Waals surface area contributed by atoms with Gasteiger partial charge in [0.2, 0.25) is 5.91 Å². The van der Waals surface area contributed by atoms with E-state index in [1.54, 1.807) is 26.1 Å². The predicted octanol–water partition coefficient (Wildman–Crippen LogP) is 1.47. The smallest absolute Gasteiger partial charge is 0.243 e. The molecule has 0 spiro atoms. The van der Waals surface area contributed by atoms with Crippen molar-refractivity contribution in [3.05, 3.63) is 0 Å². The molecule has 0 bridgehead atoms. The molecule has 26 heavy (non-hydrogen) atoms. The Hall–Kier alpha value is -0.610. The number of amides is 1. The number of methoxy groups -OCH3 is 1. The van der Waals surface area contributed by atoms with E-state index in [0.29, 0.717) is 11.9 Å². The first-order valence-electron chi connectivity index (χ1n) is 9.07. The standard InChI is InChI=1S/C18H34N4O3.HI/c1-17(2)14(9-18(17,3)24-6)21-16(20-11-15(23)22(4)5)19-10-13-7-8-25-12-13;/h13-14H,7-12H2,1-6H3,(H2,19,20,21);1H. The number of carbonyl (C=O) groups is 1. The van der Waals surface area contributed by atoms with Crippen molar-refractivity contribution in [1.29, 1.82) is 0 Å². The fourth-order valence-electron chi connectivity index (χ4n) is 3.31. The van der Waals surface area contributed by atoms with E-state index < -0.39 is 0 Å². The van der Waals surface area contributed by atoms with Crippen molar-refractivity contribution in [2.75, 3.05) is 47.5 Å². The highest BCUT2D eigenvalue weighted by molar-refractivity contribution is 14.0. The molecule has 152 valence electrons. The number of hydrogen-bond donors (Lipinski definition) is 2. The van der Waals surface area contributed by atoms with Gasteiger partial charge < -0.3 is 25.0 Å². The van der Waals surface area contributed by atoms with Crippen LogP contribution in [0.15, 0.2) is 4.99 Å². The Morgan fingerprint density at radius 1 is 1.35 bits per heavy atom. The number of carbonyl (C=O) groups excluding carboxylic acids is 1. The number of aliphatic imine (C=N–C) groups is 1. The number of rotatable bonds is 6. The molecule has 0 aromatic heterocycles. The van der Waals surface area contributed by atoms with Gasteiger partial charge in [0.05, 0.1) is 12.2 Å². The van der Waals surface area contributed by atoms with Crippen molar-refractivity contribution in [1.82, 2.24) is 15.5 Å². The van der Waals surface area contributed by atoms with Gasteiger partial charge in [-0.1, -0.05) is 13.8 Å². The average Bonchev–Trinajstić information content (AvgIpc) is 3.09. The van der Waals surface area contributed by atoms with Gasteiger partial charge in [0, 0.05) is 51.7 Å². The van der Waals surface area contributed by atoms with Gasteiger partial charge in [0.25, 0.3) is 0 Å². The third-order valence-electron chi connectivity index (χ3n) is 6.04. The Bertz CT molecular complexity index is 507. The van der Waals surface area contributed by atoms with Crippen LogP contribution in [-0.2, 0) is 14.3 Å². The molecule has 1 heterocycles. The summed E-state index contributed by atoms with van der Waals surface area (Å²) in [5, 5.41) is 6.88. The second kappa shape index (κ2) is 9.54. The number of nitrogens with one attached hydrogen (secondary N) is 2. The van der Waals surface area contributed by atoms with Crippen molar-refractivity contribution in [2.45, 2.75) is 45.3 Å². The third-order valence-corrected chi connectivity index (χ3v) is 6.04. The van der Waals surface area contributed by atoms with Gasteiger partial charge in [-0.25, -0.2) is 4.99 Å². The maximum Gasteiger partial charge on any atom is 0.243 e. The van der Waals surface area contributed by atoms with Crippen molar-refractivity contribution in [3.8, 4) is 0 Å². The highest BCUT2D eigenvalue weighted by atomic mass is 127. The second-order valence-electron chi connectivity index (χ2n) is 8.12. The molecular formula is C18H35IN4O3. The van der Waals surface area contributed by atoms with E-state index in [4.69, 9.17) is 9.47 Å². The molecule has 1 amide bonds. The Morgan fingerprint density at radius 3 is 2.54 bits per heavy atom. The van der Waals surface area contributed by atoms with Gasteiger partial charge in [-0.05, 0) is 19.8 Å². The maximum absolute atomic E-state index is 11.9. The highest BCUT2D eigenvalue weighted by Crippen LogP contribution is 2.51. The molecule has 2 rings (SSSR count). The average molecular weight is 482 g/mol. The predicted molar refractivity (Wildman–Crippen MR) is 114 cm³/mol. The largest absolute Gasteiger partial charge is 0.381 e. The van der Waals surface area contributed by atoms with Crippen molar-refractivity contribution >= 4 is 35.8 Å². The molecule has 2 fully saturated rings. The fourth-order valence-corrected chi connectivity index (χ4v) is 3.31. The van der Waals surface area contributed by atoms with Gasteiger partial charge in [0.15, 0.2) is 5.96 Å². The molecule has 3 atom stereocenters. The third kappa shape index (κ3) is 5.22. The number of hydrogen-bond acceptors (Lipinski definition) is 4. The summed E-state index contributed by atoms with van der Waals surface area (Å²) in [6.45, 7) is 9.09. The van der Waals surface area contributed by atoms with Crippen LogP contribution in [0.1, 0.15) is 33.6 Å². The van der Waals surface area contributed by atoms with Crippen molar-refractivity contribution < 1.29 is 14.3 Å². The van der Waals surface area contributed by atoms with Crippen LogP contribution in [0.4, 0.5) is 0 Å². The SMILES string of the molecule is COC1(C)CC(NC(=NCC(=O)N(C)C)NCC2CCOC2)C1(C)C.I. The number of likely N-dealkylation sites (N-methyl/N-ethyl adjacent to an activating group) is 1. The lowest BCUT2D eigenvalue weighted by atomic mass is 9.56. The molecule has 1 aliphatic heterocycles. The van der Waals surface area contributed by atoms with Gasteiger partial charge in [-0.3, -0.25) is 4.79 Å². The fraction of sp³-hybridized carbons (Fsp3) is 0.889. The zero-order valence-corrected chi connectivity index (χ0v) is 19.3. The van der Waals surface area contributed by atoms with Gasteiger partial charge in [-0.15, -0.1) is 24.0 Å². The second-order valence-corrected chi connectivity index (χ2v) is 8.12. The molecule has 0 radical (unpaired) electrons. The summed E-state index contributed by atoms with van der Waals surface area (Å²) in [5.41, 5.74) is -0.166. The number of nitrogens with zero attached hydrogens (tertiary/aromatic N) is 2. The van der Waals surface area contributed by atoms with Crippen LogP contribution in [0.5, 0.6) is 0 Å². The van der Waals surface area contributed by atoms with Gasteiger partial charge >= 0.3 is 0 Å². The summed E-state index contributed by atoms with van der Waals surface area (Å²) in [6, 6.07) is 0.248. The summed E-state index contributed by atoms with van der Waals surface area (Å²) < 4.78 is 11.1. The lowest BCUT2D eigenvalue weighted by Crippen LogP contribution is -2.69. The van der Waals surface area contributed by atoms with Crippen LogP contribution < -0.4 is 10.6 Å². The summed E-state index contributed by atoms with van der Waals surface area (Å²) in [7, 11) is 5.25.